The molecule has 2 aromatic heterocycles. The Labute approximate surface area is 170 Å². The normalized spacial score (nSPS) is 12.5. The van der Waals surface area contributed by atoms with Crippen LogP contribution in [0.5, 0.6) is 0 Å². The van der Waals surface area contributed by atoms with Gasteiger partial charge < -0.3 is 15.0 Å². The summed E-state index contributed by atoms with van der Waals surface area (Å²) in [6.45, 7) is 11.5. The van der Waals surface area contributed by atoms with Crippen molar-refractivity contribution in [3.8, 4) is 0 Å². The molecule has 1 amide bonds. The lowest BCUT2D eigenvalue weighted by Gasteiger charge is -2.27. The molecule has 1 unspecified atom stereocenters. The standard InChI is InChI=1S/C20H29FN4O2S/c1-6-25(19(26)27-20(3,4)5)10-9-14(2)18-24-16(13-28-18)12-22-15-7-8-17(21)23-11-15/h7-8,11,13-14,22H,6,9-10,12H2,1-5H3. The van der Waals surface area contributed by atoms with E-state index in [1.54, 1.807) is 22.3 Å². The van der Waals surface area contributed by atoms with Crippen LogP contribution in [0.2, 0.25) is 0 Å². The van der Waals surface area contributed by atoms with E-state index in [0.717, 1.165) is 22.8 Å². The van der Waals surface area contributed by atoms with Crippen LogP contribution in [0.1, 0.15) is 57.7 Å². The molecule has 0 spiro atoms. The summed E-state index contributed by atoms with van der Waals surface area (Å²) in [4.78, 5) is 22.3. The molecular weight excluding hydrogens is 379 g/mol. The summed E-state index contributed by atoms with van der Waals surface area (Å²) in [5, 5.41) is 6.23. The molecule has 0 fully saturated rings. The van der Waals surface area contributed by atoms with Crippen molar-refractivity contribution in [2.75, 3.05) is 18.4 Å². The molecule has 6 nitrogen and oxygen atoms in total. The highest BCUT2D eigenvalue weighted by atomic mass is 32.1. The molecule has 0 aliphatic heterocycles. The third kappa shape index (κ3) is 7.07. The molecule has 8 heteroatoms. The Bertz CT molecular complexity index is 758. The van der Waals surface area contributed by atoms with E-state index in [4.69, 9.17) is 4.74 Å². The van der Waals surface area contributed by atoms with Gasteiger partial charge in [0.25, 0.3) is 0 Å². The number of anilines is 1. The summed E-state index contributed by atoms with van der Waals surface area (Å²) in [5.74, 6) is -0.259. The molecule has 1 N–H and O–H groups in total. The number of nitrogens with one attached hydrogen (secondary N) is 1. The molecule has 0 saturated carbocycles. The van der Waals surface area contributed by atoms with Crippen molar-refractivity contribution in [3.05, 3.63) is 40.4 Å². The smallest absolute Gasteiger partial charge is 0.410 e. The average Bonchev–Trinajstić information content (AvgIpc) is 3.09. The molecule has 2 aromatic rings. The summed E-state index contributed by atoms with van der Waals surface area (Å²) in [6, 6.07) is 2.97. The molecule has 28 heavy (non-hydrogen) atoms. The first kappa shape index (κ1) is 22.1. The van der Waals surface area contributed by atoms with Crippen molar-refractivity contribution in [1.82, 2.24) is 14.9 Å². The SMILES string of the molecule is CCN(CCC(C)c1nc(CNc2ccc(F)nc2)cs1)C(=O)OC(C)(C)C. The maximum Gasteiger partial charge on any atom is 0.410 e. The van der Waals surface area contributed by atoms with E-state index in [9.17, 15) is 9.18 Å². The Morgan fingerprint density at radius 1 is 1.39 bits per heavy atom. The second-order valence-corrected chi connectivity index (χ2v) is 8.54. The summed E-state index contributed by atoms with van der Waals surface area (Å²) in [6.07, 6.45) is 2.00. The number of rotatable bonds is 8. The number of ether oxygens (including phenoxy) is 1. The maximum absolute atomic E-state index is 12.8. The number of hydrogen-bond donors (Lipinski definition) is 1. The highest BCUT2D eigenvalue weighted by molar-refractivity contribution is 7.09. The summed E-state index contributed by atoms with van der Waals surface area (Å²) in [7, 11) is 0. The van der Waals surface area contributed by atoms with E-state index in [1.165, 1.54) is 12.3 Å². The zero-order chi connectivity index (χ0) is 20.7. The number of aromatic nitrogens is 2. The third-order valence-corrected chi connectivity index (χ3v) is 5.18. The van der Waals surface area contributed by atoms with E-state index < -0.39 is 11.5 Å². The van der Waals surface area contributed by atoms with Gasteiger partial charge in [-0.15, -0.1) is 11.3 Å². The average molecular weight is 409 g/mol. The number of pyridine rings is 1. The fourth-order valence-corrected chi connectivity index (χ4v) is 3.39. The molecule has 0 aliphatic rings. The second kappa shape index (κ2) is 9.82. The van der Waals surface area contributed by atoms with Crippen LogP contribution in [0.25, 0.3) is 0 Å². The monoisotopic (exact) mass is 408 g/mol. The Hall–Kier alpha value is -2.22. The molecule has 0 radical (unpaired) electrons. The number of nitrogens with zero attached hydrogens (tertiary/aromatic N) is 3. The van der Waals surface area contributed by atoms with Crippen LogP contribution in [-0.4, -0.2) is 39.7 Å². The summed E-state index contributed by atoms with van der Waals surface area (Å²) >= 11 is 1.61. The lowest BCUT2D eigenvalue weighted by Crippen LogP contribution is -2.37. The van der Waals surface area contributed by atoms with Gasteiger partial charge in [-0.05, 0) is 46.2 Å². The van der Waals surface area contributed by atoms with Gasteiger partial charge in [0.15, 0.2) is 0 Å². The van der Waals surface area contributed by atoms with Crippen LogP contribution in [-0.2, 0) is 11.3 Å². The molecule has 154 valence electrons. The van der Waals surface area contributed by atoms with Gasteiger partial charge in [-0.1, -0.05) is 6.92 Å². The lowest BCUT2D eigenvalue weighted by atomic mass is 10.1. The summed E-state index contributed by atoms with van der Waals surface area (Å²) in [5.41, 5.74) is 1.18. The lowest BCUT2D eigenvalue weighted by molar-refractivity contribution is 0.0256. The Morgan fingerprint density at radius 2 is 2.14 bits per heavy atom. The zero-order valence-electron chi connectivity index (χ0n) is 17.2. The van der Waals surface area contributed by atoms with Gasteiger partial charge in [0.1, 0.15) is 5.60 Å². The van der Waals surface area contributed by atoms with E-state index in [1.807, 2.05) is 33.1 Å². The van der Waals surface area contributed by atoms with Crippen molar-refractivity contribution in [1.29, 1.82) is 0 Å². The predicted molar refractivity (Wildman–Crippen MR) is 110 cm³/mol. The molecule has 2 rings (SSSR count). The fraction of sp³-hybridized carbons (Fsp3) is 0.550. The number of amides is 1. The van der Waals surface area contributed by atoms with Crippen LogP contribution in [0, 0.1) is 5.95 Å². The minimum Gasteiger partial charge on any atom is -0.444 e. The van der Waals surface area contributed by atoms with Gasteiger partial charge in [-0.3, -0.25) is 0 Å². The maximum atomic E-state index is 12.8. The molecule has 0 aromatic carbocycles. The van der Waals surface area contributed by atoms with Crippen molar-refractivity contribution >= 4 is 23.1 Å². The van der Waals surface area contributed by atoms with E-state index in [0.29, 0.717) is 19.6 Å². The van der Waals surface area contributed by atoms with Gasteiger partial charge in [0, 0.05) is 24.4 Å². The topological polar surface area (TPSA) is 67.4 Å². The fourth-order valence-electron chi connectivity index (χ4n) is 2.48. The second-order valence-electron chi connectivity index (χ2n) is 7.65. The Morgan fingerprint density at radius 3 is 2.75 bits per heavy atom. The first-order chi connectivity index (χ1) is 13.2. The first-order valence-electron chi connectivity index (χ1n) is 9.45. The number of hydrogen-bond acceptors (Lipinski definition) is 6. The van der Waals surface area contributed by atoms with Crippen LogP contribution in [0.4, 0.5) is 14.9 Å². The van der Waals surface area contributed by atoms with E-state index >= 15 is 0 Å². The van der Waals surface area contributed by atoms with Gasteiger partial charge in [-0.25, -0.2) is 14.8 Å². The third-order valence-electron chi connectivity index (χ3n) is 4.06. The number of halogens is 1. The molecule has 2 heterocycles. The van der Waals surface area contributed by atoms with E-state index in [-0.39, 0.29) is 12.0 Å². The minimum atomic E-state index is -0.497. The highest BCUT2D eigenvalue weighted by Crippen LogP contribution is 2.24. The van der Waals surface area contributed by atoms with Crippen molar-refractivity contribution in [2.45, 2.75) is 59.1 Å². The Balaban J connectivity index is 1.84. The largest absolute Gasteiger partial charge is 0.444 e. The van der Waals surface area contributed by atoms with Gasteiger partial charge in [0.2, 0.25) is 5.95 Å². The van der Waals surface area contributed by atoms with Crippen molar-refractivity contribution < 1.29 is 13.9 Å². The van der Waals surface area contributed by atoms with Crippen molar-refractivity contribution in [3.63, 3.8) is 0 Å². The van der Waals surface area contributed by atoms with Crippen LogP contribution in [0.3, 0.4) is 0 Å². The van der Waals surface area contributed by atoms with E-state index in [2.05, 4.69) is 22.2 Å². The Kier molecular flexibility index (Phi) is 7.74. The quantitative estimate of drug-likeness (QED) is 0.620. The molecule has 0 bridgehead atoms. The first-order valence-corrected chi connectivity index (χ1v) is 10.3. The van der Waals surface area contributed by atoms with Gasteiger partial charge in [0.05, 0.1) is 29.1 Å². The molecule has 0 saturated heterocycles. The van der Waals surface area contributed by atoms with Crippen LogP contribution < -0.4 is 5.32 Å². The molecular formula is C20H29FN4O2S. The minimum absolute atomic E-state index is 0.239. The molecule has 0 aliphatic carbocycles. The molecule has 1 atom stereocenters. The van der Waals surface area contributed by atoms with Crippen LogP contribution >= 0.6 is 11.3 Å². The predicted octanol–water partition coefficient (Wildman–Crippen LogP) is 5.04. The van der Waals surface area contributed by atoms with Gasteiger partial charge >= 0.3 is 6.09 Å². The number of thiazole rings is 1. The summed E-state index contributed by atoms with van der Waals surface area (Å²) < 4.78 is 18.3. The van der Waals surface area contributed by atoms with Crippen molar-refractivity contribution in [2.24, 2.45) is 0 Å². The zero-order valence-corrected chi connectivity index (χ0v) is 18.0. The number of carbonyl (C=O) groups is 1. The highest BCUT2D eigenvalue weighted by Gasteiger charge is 2.22. The van der Waals surface area contributed by atoms with Gasteiger partial charge in [-0.2, -0.15) is 4.39 Å². The van der Waals surface area contributed by atoms with Crippen LogP contribution in [0.15, 0.2) is 23.7 Å². The number of carbonyl (C=O) groups excluding carboxylic acids is 1.